The molecule has 0 spiro atoms. The van der Waals surface area contributed by atoms with Crippen molar-refractivity contribution in [2.75, 3.05) is 5.75 Å². The minimum absolute atomic E-state index is 0.101. The topological polar surface area (TPSA) is 101 Å². The lowest BCUT2D eigenvalue weighted by Crippen LogP contribution is -2.08. The number of aromatic nitrogens is 4. The largest absolute Gasteiger partial charge is 0.481 e. The van der Waals surface area contributed by atoms with Gasteiger partial charge < -0.3 is 14.7 Å². The van der Waals surface area contributed by atoms with E-state index in [-0.39, 0.29) is 11.2 Å². The van der Waals surface area contributed by atoms with Crippen molar-refractivity contribution in [3.63, 3.8) is 0 Å². The minimum atomic E-state index is -0.928. The van der Waals surface area contributed by atoms with Crippen LogP contribution in [0.4, 0.5) is 0 Å². The molecule has 0 saturated heterocycles. The molecule has 0 radical (unpaired) electrons. The van der Waals surface area contributed by atoms with Gasteiger partial charge in [-0.3, -0.25) is 9.59 Å². The quantitative estimate of drug-likeness (QED) is 0.798. The van der Waals surface area contributed by atoms with Crippen LogP contribution in [-0.2, 0) is 11.8 Å². The van der Waals surface area contributed by atoms with Crippen LogP contribution >= 0.6 is 11.8 Å². The third-order valence-electron chi connectivity index (χ3n) is 2.46. The molecule has 0 bridgehead atoms. The van der Waals surface area contributed by atoms with Crippen LogP contribution in [0.2, 0.25) is 0 Å². The van der Waals surface area contributed by atoms with Gasteiger partial charge >= 0.3 is 5.97 Å². The fourth-order valence-electron chi connectivity index (χ4n) is 1.55. The lowest BCUT2D eigenvalue weighted by Gasteiger charge is -2.02. The Morgan fingerprint density at radius 2 is 2.26 bits per heavy atom. The molecular weight excluding hydrogens is 268 g/mol. The van der Waals surface area contributed by atoms with Gasteiger partial charge in [-0.15, -0.1) is 10.2 Å². The van der Waals surface area contributed by atoms with Gasteiger partial charge in [-0.05, 0) is 6.92 Å². The third-order valence-corrected chi connectivity index (χ3v) is 3.46. The zero-order valence-corrected chi connectivity index (χ0v) is 11.2. The number of aliphatic carboxylic acids is 1. The van der Waals surface area contributed by atoms with Crippen molar-refractivity contribution < 1.29 is 9.90 Å². The maximum absolute atomic E-state index is 11.9. The fraction of sp³-hybridized carbons (Fsp3) is 0.273. The van der Waals surface area contributed by atoms with Gasteiger partial charge in [0, 0.05) is 25.0 Å². The van der Waals surface area contributed by atoms with Crippen molar-refractivity contribution in [3.8, 4) is 11.4 Å². The molecular formula is C11H12N4O3S. The average Bonchev–Trinajstić information content (AvgIpc) is 2.68. The summed E-state index contributed by atoms with van der Waals surface area (Å²) in [6.45, 7) is 1.79. The van der Waals surface area contributed by atoms with Crippen LogP contribution in [0.15, 0.2) is 22.2 Å². The normalized spacial score (nSPS) is 10.6. The molecule has 7 nitrogen and oxygen atoms in total. The zero-order valence-electron chi connectivity index (χ0n) is 10.4. The van der Waals surface area contributed by atoms with Crippen molar-refractivity contribution in [2.45, 2.75) is 12.1 Å². The van der Waals surface area contributed by atoms with Crippen molar-refractivity contribution >= 4 is 17.7 Å². The van der Waals surface area contributed by atoms with E-state index in [0.717, 1.165) is 17.5 Å². The molecule has 0 aliphatic carbocycles. The van der Waals surface area contributed by atoms with Crippen LogP contribution in [0.5, 0.6) is 0 Å². The smallest absolute Gasteiger partial charge is 0.313 e. The highest BCUT2D eigenvalue weighted by molar-refractivity contribution is 7.99. The second-order valence-electron chi connectivity index (χ2n) is 3.94. The van der Waals surface area contributed by atoms with Gasteiger partial charge in [0.25, 0.3) is 0 Å². The molecule has 2 aromatic heterocycles. The first-order valence-electron chi connectivity index (χ1n) is 5.42. The van der Waals surface area contributed by atoms with E-state index < -0.39 is 5.97 Å². The fourth-order valence-corrected chi connectivity index (χ4v) is 2.18. The number of carboxylic acids is 1. The van der Waals surface area contributed by atoms with Crippen LogP contribution in [0.3, 0.4) is 0 Å². The Morgan fingerprint density at radius 3 is 2.89 bits per heavy atom. The van der Waals surface area contributed by atoms with E-state index in [1.54, 1.807) is 24.7 Å². The zero-order chi connectivity index (χ0) is 14.0. The molecule has 0 amide bonds. The second-order valence-corrected chi connectivity index (χ2v) is 4.88. The maximum Gasteiger partial charge on any atom is 0.313 e. The Labute approximate surface area is 112 Å². The first kappa shape index (κ1) is 13.3. The molecule has 100 valence electrons. The SMILES string of the molecule is Cc1cc(=O)c(-c2nnc(SCC(=O)O)n2C)c[nH]1. The second kappa shape index (κ2) is 5.27. The number of H-pyrrole nitrogens is 1. The van der Waals surface area contributed by atoms with Crippen LogP contribution in [0.25, 0.3) is 11.4 Å². The number of aromatic amines is 1. The van der Waals surface area contributed by atoms with Crippen LogP contribution < -0.4 is 5.43 Å². The van der Waals surface area contributed by atoms with Crippen LogP contribution in [-0.4, -0.2) is 36.6 Å². The molecule has 2 N–H and O–H groups in total. The van der Waals surface area contributed by atoms with Crippen molar-refractivity contribution in [3.05, 3.63) is 28.2 Å². The molecule has 0 atom stereocenters. The van der Waals surface area contributed by atoms with E-state index in [2.05, 4.69) is 15.2 Å². The predicted octanol–water partition coefficient (Wildman–Crippen LogP) is 0.656. The monoisotopic (exact) mass is 280 g/mol. The summed E-state index contributed by atoms with van der Waals surface area (Å²) in [5.41, 5.74) is 1.01. The number of hydrogen-bond acceptors (Lipinski definition) is 5. The van der Waals surface area contributed by atoms with Gasteiger partial charge in [0.2, 0.25) is 0 Å². The maximum atomic E-state index is 11.9. The summed E-state index contributed by atoms with van der Waals surface area (Å²) >= 11 is 1.06. The molecule has 19 heavy (non-hydrogen) atoms. The van der Waals surface area contributed by atoms with E-state index in [9.17, 15) is 9.59 Å². The highest BCUT2D eigenvalue weighted by Crippen LogP contribution is 2.20. The summed E-state index contributed by atoms with van der Waals surface area (Å²) < 4.78 is 1.60. The van der Waals surface area contributed by atoms with Gasteiger partial charge in [-0.2, -0.15) is 0 Å². The van der Waals surface area contributed by atoms with Gasteiger partial charge in [-0.25, -0.2) is 0 Å². The van der Waals surface area contributed by atoms with E-state index >= 15 is 0 Å². The first-order chi connectivity index (χ1) is 8.99. The molecule has 2 rings (SSSR count). The molecule has 2 aromatic rings. The van der Waals surface area contributed by atoms with Gasteiger partial charge in [0.15, 0.2) is 16.4 Å². The Bertz CT molecular complexity index is 677. The Morgan fingerprint density at radius 1 is 1.53 bits per heavy atom. The van der Waals surface area contributed by atoms with Crippen molar-refractivity contribution in [1.82, 2.24) is 19.7 Å². The van der Waals surface area contributed by atoms with Crippen LogP contribution in [0.1, 0.15) is 5.69 Å². The molecule has 0 aromatic carbocycles. The lowest BCUT2D eigenvalue weighted by molar-refractivity contribution is -0.133. The van der Waals surface area contributed by atoms with Gasteiger partial charge in [-0.1, -0.05) is 11.8 Å². The molecule has 2 heterocycles. The van der Waals surface area contributed by atoms with Crippen molar-refractivity contribution in [1.29, 1.82) is 0 Å². The third kappa shape index (κ3) is 2.84. The number of rotatable bonds is 4. The number of pyridine rings is 1. The van der Waals surface area contributed by atoms with E-state index in [0.29, 0.717) is 16.5 Å². The lowest BCUT2D eigenvalue weighted by atomic mass is 10.2. The summed E-state index contributed by atoms with van der Waals surface area (Å²) in [7, 11) is 1.69. The number of carboxylic acid groups (broad SMARTS) is 1. The molecule has 0 fully saturated rings. The Kier molecular flexibility index (Phi) is 3.70. The predicted molar refractivity (Wildman–Crippen MR) is 70.2 cm³/mol. The van der Waals surface area contributed by atoms with E-state index in [1.165, 1.54) is 6.07 Å². The van der Waals surface area contributed by atoms with E-state index in [4.69, 9.17) is 5.11 Å². The number of carbonyl (C=O) groups is 1. The highest BCUT2D eigenvalue weighted by atomic mass is 32.2. The van der Waals surface area contributed by atoms with E-state index in [1.807, 2.05) is 0 Å². The van der Waals surface area contributed by atoms with Gasteiger partial charge in [0.1, 0.15) is 0 Å². The van der Waals surface area contributed by atoms with Crippen molar-refractivity contribution in [2.24, 2.45) is 7.05 Å². The number of hydrogen-bond donors (Lipinski definition) is 2. The van der Waals surface area contributed by atoms with Crippen LogP contribution in [0, 0.1) is 6.92 Å². The summed E-state index contributed by atoms with van der Waals surface area (Å²) in [5.74, 6) is -0.618. The molecule has 0 unspecified atom stereocenters. The Hall–Kier alpha value is -2.09. The number of thioether (sulfide) groups is 1. The first-order valence-corrected chi connectivity index (χ1v) is 6.41. The average molecular weight is 280 g/mol. The Balaban J connectivity index is 2.36. The molecule has 0 aliphatic heterocycles. The number of nitrogens with zero attached hydrogens (tertiary/aromatic N) is 3. The number of nitrogens with one attached hydrogen (secondary N) is 1. The molecule has 0 saturated carbocycles. The molecule has 8 heteroatoms. The minimum Gasteiger partial charge on any atom is -0.481 e. The summed E-state index contributed by atoms with van der Waals surface area (Å²) in [6.07, 6.45) is 1.58. The summed E-state index contributed by atoms with van der Waals surface area (Å²) in [4.78, 5) is 25.3. The summed E-state index contributed by atoms with van der Waals surface area (Å²) in [6, 6.07) is 1.48. The van der Waals surface area contributed by atoms with Gasteiger partial charge in [0.05, 0.1) is 11.3 Å². The standard InChI is InChI=1S/C11H12N4O3S/c1-6-3-8(16)7(4-12-6)10-13-14-11(15(10)2)19-5-9(17)18/h3-4H,5H2,1-2H3,(H,12,16)(H,17,18). The summed E-state index contributed by atoms with van der Waals surface area (Å²) in [5, 5.41) is 16.9. The molecule has 0 aliphatic rings. The highest BCUT2D eigenvalue weighted by Gasteiger charge is 2.14. The number of aryl methyl sites for hydroxylation is 1.